The maximum atomic E-state index is 11.9. The Hall–Kier alpha value is -1.27. The molecule has 1 fully saturated rings. The second-order valence-electron chi connectivity index (χ2n) is 5.72. The van der Waals surface area contributed by atoms with Crippen LogP contribution in [-0.2, 0) is 9.84 Å². The molecule has 1 aliphatic rings. The van der Waals surface area contributed by atoms with E-state index in [9.17, 15) is 8.42 Å². The number of benzene rings is 1. The van der Waals surface area contributed by atoms with E-state index in [2.05, 4.69) is 23.6 Å². The topological polar surface area (TPSA) is 49.9 Å². The predicted octanol–water partition coefficient (Wildman–Crippen LogP) is 1.63. The van der Waals surface area contributed by atoms with Gasteiger partial charge >= 0.3 is 0 Å². The summed E-state index contributed by atoms with van der Waals surface area (Å²) in [5, 5.41) is 0. The second kappa shape index (κ2) is 6.23. The molecule has 0 bridgehead atoms. The Bertz CT molecular complexity index is 591. The zero-order chi connectivity index (χ0) is 15.6. The smallest absolute Gasteiger partial charge is 0.179 e. The Morgan fingerprint density at radius 3 is 2.24 bits per heavy atom. The molecule has 0 aromatic heterocycles. The summed E-state index contributed by atoms with van der Waals surface area (Å²) in [4.78, 5) is 4.92. The van der Waals surface area contributed by atoms with E-state index in [1.54, 1.807) is 12.1 Å². The van der Waals surface area contributed by atoms with Gasteiger partial charge < -0.3 is 9.64 Å². The van der Waals surface area contributed by atoms with E-state index in [1.165, 1.54) is 13.4 Å². The molecule has 0 amide bonds. The van der Waals surface area contributed by atoms with E-state index in [0.29, 0.717) is 11.8 Å². The number of sulfone groups is 1. The minimum atomic E-state index is -3.29. The maximum absolute atomic E-state index is 11.9. The summed E-state index contributed by atoms with van der Waals surface area (Å²) < 4.78 is 28.9. The molecule has 1 aromatic carbocycles. The number of hydrogen-bond acceptors (Lipinski definition) is 5. The largest absolute Gasteiger partial charge is 0.495 e. The van der Waals surface area contributed by atoms with Gasteiger partial charge in [0.2, 0.25) is 0 Å². The van der Waals surface area contributed by atoms with E-state index in [0.717, 1.165) is 31.9 Å². The fourth-order valence-electron chi connectivity index (χ4n) is 2.65. The lowest BCUT2D eigenvalue weighted by Gasteiger charge is -2.38. The average Bonchev–Trinajstić information content (AvgIpc) is 2.45. The van der Waals surface area contributed by atoms with Crippen LogP contribution in [-0.4, -0.2) is 58.9 Å². The first-order chi connectivity index (χ1) is 9.82. The summed E-state index contributed by atoms with van der Waals surface area (Å²) in [6.45, 7) is 8.22. The Balaban J connectivity index is 2.22. The molecule has 1 aromatic rings. The molecule has 118 valence electrons. The highest BCUT2D eigenvalue weighted by atomic mass is 32.2. The van der Waals surface area contributed by atoms with Crippen LogP contribution >= 0.6 is 0 Å². The highest BCUT2D eigenvalue weighted by Gasteiger charge is 2.21. The molecule has 1 heterocycles. The lowest BCUT2D eigenvalue weighted by Crippen LogP contribution is -2.48. The van der Waals surface area contributed by atoms with Crippen LogP contribution in [0.3, 0.4) is 0 Å². The van der Waals surface area contributed by atoms with Crippen LogP contribution < -0.4 is 9.64 Å². The van der Waals surface area contributed by atoms with Crippen molar-refractivity contribution in [2.24, 2.45) is 0 Å². The number of hydrogen-bond donors (Lipinski definition) is 0. The number of ether oxygens (including phenoxy) is 1. The van der Waals surface area contributed by atoms with Crippen molar-refractivity contribution in [3.8, 4) is 5.75 Å². The maximum Gasteiger partial charge on any atom is 0.179 e. The van der Waals surface area contributed by atoms with Crippen molar-refractivity contribution in [1.29, 1.82) is 0 Å². The molecule has 5 nitrogen and oxygen atoms in total. The monoisotopic (exact) mass is 312 g/mol. The van der Waals surface area contributed by atoms with Crippen molar-refractivity contribution >= 4 is 15.5 Å². The van der Waals surface area contributed by atoms with Crippen LogP contribution in [0.1, 0.15) is 13.8 Å². The van der Waals surface area contributed by atoms with E-state index < -0.39 is 9.84 Å². The third-order valence-electron chi connectivity index (χ3n) is 3.96. The minimum absolute atomic E-state index is 0.258. The molecule has 0 spiro atoms. The van der Waals surface area contributed by atoms with Gasteiger partial charge in [0.15, 0.2) is 9.84 Å². The number of rotatable bonds is 4. The van der Waals surface area contributed by atoms with Crippen LogP contribution in [0.2, 0.25) is 0 Å². The Morgan fingerprint density at radius 1 is 1.14 bits per heavy atom. The number of piperazine rings is 1. The summed E-state index contributed by atoms with van der Waals surface area (Å²) in [5.41, 5.74) is 0.944. The van der Waals surface area contributed by atoms with Gasteiger partial charge in [0.25, 0.3) is 0 Å². The number of nitrogens with zero attached hydrogens (tertiary/aromatic N) is 2. The predicted molar refractivity (Wildman–Crippen MR) is 85.0 cm³/mol. The highest BCUT2D eigenvalue weighted by molar-refractivity contribution is 7.90. The molecular formula is C15H24N2O3S. The molecule has 0 radical (unpaired) electrons. The van der Waals surface area contributed by atoms with Gasteiger partial charge in [-0.2, -0.15) is 0 Å². The van der Waals surface area contributed by atoms with Gasteiger partial charge in [-0.15, -0.1) is 0 Å². The Labute approximate surface area is 127 Å². The van der Waals surface area contributed by atoms with Gasteiger partial charge in [-0.25, -0.2) is 8.42 Å². The SMILES string of the molecule is COc1ccc(N2CCN(C(C)C)CC2)cc1S(C)(=O)=O. The standard InChI is InChI=1S/C15H24N2O3S/c1-12(2)16-7-9-17(10-8-16)13-5-6-14(20-3)15(11-13)21(4,18)19/h5-6,11-12H,7-10H2,1-4H3. The van der Waals surface area contributed by atoms with E-state index in [4.69, 9.17) is 4.74 Å². The molecule has 6 heteroatoms. The van der Waals surface area contributed by atoms with Gasteiger partial charge in [-0.3, -0.25) is 4.90 Å². The summed E-state index contributed by atoms with van der Waals surface area (Å²) in [5.74, 6) is 0.405. The molecule has 0 saturated carbocycles. The van der Waals surface area contributed by atoms with Crippen LogP contribution in [0, 0.1) is 0 Å². The summed E-state index contributed by atoms with van der Waals surface area (Å²) in [6.07, 6.45) is 1.21. The summed E-state index contributed by atoms with van der Waals surface area (Å²) in [6, 6.07) is 5.94. The van der Waals surface area contributed by atoms with Crippen LogP contribution in [0.4, 0.5) is 5.69 Å². The molecule has 0 N–H and O–H groups in total. The normalized spacial score (nSPS) is 17.3. The molecule has 1 saturated heterocycles. The van der Waals surface area contributed by atoms with Crippen molar-refractivity contribution in [3.05, 3.63) is 18.2 Å². The highest BCUT2D eigenvalue weighted by Crippen LogP contribution is 2.29. The first kappa shape index (κ1) is 16.1. The molecule has 21 heavy (non-hydrogen) atoms. The van der Waals surface area contributed by atoms with Crippen molar-refractivity contribution in [2.45, 2.75) is 24.8 Å². The van der Waals surface area contributed by atoms with Gasteiger partial charge in [0, 0.05) is 44.2 Å². The Morgan fingerprint density at radius 2 is 1.76 bits per heavy atom. The first-order valence-electron chi connectivity index (χ1n) is 7.20. The van der Waals surface area contributed by atoms with Gasteiger partial charge in [-0.1, -0.05) is 0 Å². The van der Waals surface area contributed by atoms with Gasteiger partial charge in [-0.05, 0) is 32.0 Å². The van der Waals surface area contributed by atoms with E-state index >= 15 is 0 Å². The lowest BCUT2D eigenvalue weighted by molar-refractivity contribution is 0.209. The Kier molecular flexibility index (Phi) is 4.78. The lowest BCUT2D eigenvalue weighted by atomic mass is 10.2. The van der Waals surface area contributed by atoms with Crippen molar-refractivity contribution < 1.29 is 13.2 Å². The van der Waals surface area contributed by atoms with Crippen LogP contribution in [0.5, 0.6) is 5.75 Å². The average molecular weight is 312 g/mol. The number of methoxy groups -OCH3 is 1. The van der Waals surface area contributed by atoms with Crippen LogP contribution in [0.25, 0.3) is 0 Å². The fraction of sp³-hybridized carbons (Fsp3) is 0.600. The molecule has 0 aliphatic carbocycles. The third-order valence-corrected chi connectivity index (χ3v) is 5.07. The zero-order valence-electron chi connectivity index (χ0n) is 13.2. The van der Waals surface area contributed by atoms with Crippen molar-refractivity contribution in [3.63, 3.8) is 0 Å². The molecule has 0 unspecified atom stereocenters. The number of anilines is 1. The summed E-state index contributed by atoms with van der Waals surface area (Å²) in [7, 11) is -1.80. The third kappa shape index (κ3) is 3.68. The van der Waals surface area contributed by atoms with Crippen molar-refractivity contribution in [2.75, 3.05) is 44.4 Å². The van der Waals surface area contributed by atoms with Gasteiger partial charge in [0.1, 0.15) is 10.6 Å². The first-order valence-corrected chi connectivity index (χ1v) is 9.09. The minimum Gasteiger partial charge on any atom is -0.495 e. The van der Waals surface area contributed by atoms with E-state index in [-0.39, 0.29) is 4.90 Å². The van der Waals surface area contributed by atoms with E-state index in [1.807, 2.05) is 6.07 Å². The second-order valence-corrected chi connectivity index (χ2v) is 7.71. The van der Waals surface area contributed by atoms with Gasteiger partial charge in [0.05, 0.1) is 7.11 Å². The zero-order valence-corrected chi connectivity index (χ0v) is 14.0. The molecule has 2 rings (SSSR count). The molecule has 0 atom stereocenters. The van der Waals surface area contributed by atoms with Crippen molar-refractivity contribution in [1.82, 2.24) is 4.90 Å². The van der Waals surface area contributed by atoms with Crippen LogP contribution in [0.15, 0.2) is 23.1 Å². The molecule has 1 aliphatic heterocycles. The quantitative estimate of drug-likeness (QED) is 0.846. The summed E-state index contributed by atoms with van der Waals surface area (Å²) >= 11 is 0. The fourth-order valence-corrected chi connectivity index (χ4v) is 3.50. The molecular weight excluding hydrogens is 288 g/mol.